The average molecular weight is 497 g/mol. The van der Waals surface area contributed by atoms with Crippen molar-refractivity contribution in [2.75, 3.05) is 7.11 Å². The van der Waals surface area contributed by atoms with Crippen molar-refractivity contribution in [2.45, 2.75) is 26.4 Å². The maximum atomic E-state index is 15.6. The molecule has 37 heavy (non-hydrogen) atoms. The fourth-order valence-corrected chi connectivity index (χ4v) is 4.06. The fraction of sp³-hybridized carbons (Fsp3) is 0.172. The van der Waals surface area contributed by atoms with Gasteiger partial charge in [-0.2, -0.15) is 5.10 Å². The summed E-state index contributed by atoms with van der Waals surface area (Å²) >= 11 is 0. The van der Waals surface area contributed by atoms with Gasteiger partial charge in [0.25, 0.3) is 0 Å². The minimum Gasteiger partial charge on any atom is -0.489 e. The van der Waals surface area contributed by atoms with Crippen molar-refractivity contribution < 1.29 is 18.7 Å². The summed E-state index contributed by atoms with van der Waals surface area (Å²) in [4.78, 5) is 20.6. The van der Waals surface area contributed by atoms with Crippen LogP contribution in [0.4, 0.5) is 4.39 Å². The van der Waals surface area contributed by atoms with Crippen molar-refractivity contribution in [3.63, 3.8) is 0 Å². The Morgan fingerprint density at radius 2 is 1.78 bits per heavy atom. The van der Waals surface area contributed by atoms with Gasteiger partial charge < -0.3 is 9.47 Å². The Kier molecular flexibility index (Phi) is 6.64. The Labute approximate surface area is 213 Å². The van der Waals surface area contributed by atoms with Gasteiger partial charge in [0, 0.05) is 35.8 Å². The highest BCUT2D eigenvalue weighted by Gasteiger charge is 2.22. The van der Waals surface area contributed by atoms with E-state index in [9.17, 15) is 4.79 Å². The van der Waals surface area contributed by atoms with E-state index in [0.29, 0.717) is 35.2 Å². The van der Waals surface area contributed by atoms with Crippen molar-refractivity contribution in [1.29, 1.82) is 0 Å². The average Bonchev–Trinajstić information content (AvgIpc) is 3.30. The monoisotopic (exact) mass is 496 g/mol. The number of hydrogen-bond donors (Lipinski definition) is 0. The molecule has 0 saturated heterocycles. The van der Waals surface area contributed by atoms with Crippen LogP contribution in [0.1, 0.15) is 41.4 Å². The molecule has 0 bridgehead atoms. The first-order valence-corrected chi connectivity index (χ1v) is 11.8. The second-order valence-electron chi connectivity index (χ2n) is 8.86. The highest BCUT2D eigenvalue weighted by Crippen LogP contribution is 2.37. The summed E-state index contributed by atoms with van der Waals surface area (Å²) < 4.78 is 27.8. The number of aromatic nitrogens is 4. The van der Waals surface area contributed by atoms with Crippen LogP contribution in [0.25, 0.3) is 28.0 Å². The molecule has 0 spiro atoms. The summed E-state index contributed by atoms with van der Waals surface area (Å²) in [5.74, 6) is -0.236. The first-order chi connectivity index (χ1) is 17.9. The van der Waals surface area contributed by atoms with Crippen molar-refractivity contribution in [2.24, 2.45) is 0 Å². The van der Waals surface area contributed by atoms with Crippen LogP contribution in [0.3, 0.4) is 0 Å². The van der Waals surface area contributed by atoms with E-state index in [0.717, 1.165) is 11.1 Å². The number of carbonyl (C=O) groups is 1. The van der Waals surface area contributed by atoms with E-state index in [1.807, 2.05) is 12.1 Å². The molecular weight excluding hydrogens is 471 g/mol. The molecule has 0 amide bonds. The SMILES string of the molecule is COC(=O)c1ccn2nc(-c3ccncc3)c(-c3ccc(OCc4ccc(C(C)C)cc4)cc3F)c2n1. The lowest BCUT2D eigenvalue weighted by Gasteiger charge is -2.11. The van der Waals surface area contributed by atoms with Crippen molar-refractivity contribution in [3.8, 4) is 28.1 Å². The number of hydrogen-bond acceptors (Lipinski definition) is 6. The van der Waals surface area contributed by atoms with Crippen LogP contribution in [-0.4, -0.2) is 32.7 Å². The zero-order chi connectivity index (χ0) is 25.9. The fourth-order valence-electron chi connectivity index (χ4n) is 4.06. The van der Waals surface area contributed by atoms with Gasteiger partial charge in [-0.15, -0.1) is 0 Å². The third kappa shape index (κ3) is 4.91. The van der Waals surface area contributed by atoms with Crippen LogP contribution in [0, 0.1) is 5.82 Å². The second kappa shape index (κ2) is 10.2. The molecule has 186 valence electrons. The van der Waals surface area contributed by atoms with E-state index in [4.69, 9.17) is 9.47 Å². The summed E-state index contributed by atoms with van der Waals surface area (Å²) in [6.07, 6.45) is 4.87. The van der Waals surface area contributed by atoms with Gasteiger partial charge in [-0.3, -0.25) is 4.98 Å². The molecule has 5 aromatic rings. The second-order valence-corrected chi connectivity index (χ2v) is 8.86. The van der Waals surface area contributed by atoms with Gasteiger partial charge >= 0.3 is 5.97 Å². The van der Waals surface area contributed by atoms with E-state index in [2.05, 4.69) is 41.0 Å². The number of rotatable bonds is 7. The standard InChI is InChI=1S/C29H25FN4O3/c1-18(2)20-6-4-19(5-7-20)17-37-22-8-9-23(24(30)16-22)26-27(21-10-13-31-14-11-21)33-34-15-12-25(29(35)36-3)32-28(26)34/h4-16,18H,17H2,1-3H3. The van der Waals surface area contributed by atoms with Crippen LogP contribution >= 0.6 is 0 Å². The van der Waals surface area contributed by atoms with Gasteiger partial charge in [-0.1, -0.05) is 38.1 Å². The Morgan fingerprint density at radius 1 is 1.03 bits per heavy atom. The molecule has 0 unspecified atom stereocenters. The van der Waals surface area contributed by atoms with Gasteiger partial charge in [0.2, 0.25) is 0 Å². The van der Waals surface area contributed by atoms with Gasteiger partial charge in [-0.25, -0.2) is 18.7 Å². The first kappa shape index (κ1) is 24.1. The highest BCUT2D eigenvalue weighted by atomic mass is 19.1. The quantitative estimate of drug-likeness (QED) is 0.254. The summed E-state index contributed by atoms with van der Waals surface area (Å²) in [6.45, 7) is 4.61. The zero-order valence-electron chi connectivity index (χ0n) is 20.7. The smallest absolute Gasteiger partial charge is 0.356 e. The lowest BCUT2D eigenvalue weighted by Crippen LogP contribution is -2.05. The molecule has 2 aromatic carbocycles. The minimum absolute atomic E-state index is 0.0984. The van der Waals surface area contributed by atoms with E-state index in [1.54, 1.807) is 42.9 Å². The van der Waals surface area contributed by atoms with E-state index in [1.165, 1.54) is 29.3 Å². The van der Waals surface area contributed by atoms with Gasteiger partial charge in [0.1, 0.15) is 23.9 Å². The molecule has 0 aliphatic heterocycles. The number of esters is 1. The molecule has 8 heteroatoms. The van der Waals surface area contributed by atoms with Gasteiger partial charge in [0.15, 0.2) is 11.3 Å². The molecule has 3 aromatic heterocycles. The third-order valence-corrected chi connectivity index (χ3v) is 6.10. The molecule has 0 fully saturated rings. The topological polar surface area (TPSA) is 78.6 Å². The largest absolute Gasteiger partial charge is 0.489 e. The van der Waals surface area contributed by atoms with E-state index >= 15 is 4.39 Å². The number of benzene rings is 2. The van der Waals surface area contributed by atoms with Crippen LogP contribution in [0.2, 0.25) is 0 Å². The Balaban J connectivity index is 1.52. The summed E-state index contributed by atoms with van der Waals surface area (Å²) in [6, 6.07) is 18.0. The van der Waals surface area contributed by atoms with Gasteiger partial charge in [-0.05, 0) is 47.4 Å². The summed E-state index contributed by atoms with van der Waals surface area (Å²) in [5, 5.41) is 4.62. The number of carbonyl (C=O) groups excluding carboxylic acids is 1. The maximum Gasteiger partial charge on any atom is 0.356 e. The number of pyridine rings is 1. The number of halogens is 1. The Hall–Kier alpha value is -4.59. The zero-order valence-corrected chi connectivity index (χ0v) is 20.7. The number of fused-ring (bicyclic) bond motifs is 1. The van der Waals surface area contributed by atoms with Crippen LogP contribution in [-0.2, 0) is 11.3 Å². The predicted octanol–water partition coefficient (Wildman–Crippen LogP) is 6.09. The molecule has 3 heterocycles. The molecule has 5 rings (SSSR count). The molecule has 0 atom stereocenters. The van der Waals surface area contributed by atoms with Crippen molar-refractivity contribution in [3.05, 3.63) is 102 Å². The third-order valence-electron chi connectivity index (χ3n) is 6.10. The predicted molar refractivity (Wildman–Crippen MR) is 138 cm³/mol. The normalized spacial score (nSPS) is 11.2. The van der Waals surface area contributed by atoms with Crippen molar-refractivity contribution >= 4 is 11.6 Å². The minimum atomic E-state index is -0.592. The molecule has 7 nitrogen and oxygen atoms in total. The van der Waals surface area contributed by atoms with E-state index < -0.39 is 11.8 Å². The number of nitrogens with zero attached hydrogens (tertiary/aromatic N) is 4. The molecule has 0 saturated carbocycles. The lowest BCUT2D eigenvalue weighted by molar-refractivity contribution is 0.0594. The summed E-state index contributed by atoms with van der Waals surface area (Å²) in [5.41, 5.74) is 4.65. The summed E-state index contributed by atoms with van der Waals surface area (Å²) in [7, 11) is 1.28. The number of methoxy groups -OCH3 is 1. The van der Waals surface area contributed by atoms with Crippen LogP contribution < -0.4 is 4.74 Å². The van der Waals surface area contributed by atoms with Crippen LogP contribution in [0.15, 0.2) is 79.3 Å². The molecule has 0 N–H and O–H groups in total. The number of ether oxygens (including phenoxy) is 2. The molecule has 0 aliphatic rings. The highest BCUT2D eigenvalue weighted by molar-refractivity contribution is 5.93. The molecular formula is C29H25FN4O3. The Bertz CT molecular complexity index is 1560. The van der Waals surface area contributed by atoms with Crippen LogP contribution in [0.5, 0.6) is 5.75 Å². The molecule has 0 radical (unpaired) electrons. The lowest BCUT2D eigenvalue weighted by atomic mass is 10.0. The maximum absolute atomic E-state index is 15.6. The van der Waals surface area contributed by atoms with Crippen molar-refractivity contribution in [1.82, 2.24) is 19.6 Å². The Morgan fingerprint density at radius 3 is 2.46 bits per heavy atom. The first-order valence-electron chi connectivity index (χ1n) is 11.8. The van der Waals surface area contributed by atoms with Gasteiger partial charge in [0.05, 0.1) is 12.7 Å². The molecule has 0 aliphatic carbocycles. The van der Waals surface area contributed by atoms with E-state index in [-0.39, 0.29) is 11.3 Å².